The summed E-state index contributed by atoms with van der Waals surface area (Å²) in [5, 5.41) is 6.94. The minimum atomic E-state index is -2.92. The topological polar surface area (TPSA) is 49.3 Å². The van der Waals surface area contributed by atoms with Crippen LogP contribution in [0.2, 0.25) is 5.04 Å². The Morgan fingerprint density at radius 2 is 1.00 bits per heavy atom. The highest BCUT2D eigenvalue weighted by Crippen LogP contribution is 2.37. The van der Waals surface area contributed by atoms with Gasteiger partial charge in [0.15, 0.2) is 0 Å². The number of rotatable bonds is 17. The first-order chi connectivity index (χ1) is 23.9. The van der Waals surface area contributed by atoms with Crippen LogP contribution in [0.25, 0.3) is 0 Å². The Hall–Kier alpha value is -3.60. The molecule has 0 spiro atoms. The van der Waals surface area contributed by atoms with E-state index in [4.69, 9.17) is 23.9 Å². The van der Waals surface area contributed by atoms with Crippen LogP contribution in [-0.4, -0.2) is 37.3 Å². The summed E-state index contributed by atoms with van der Waals surface area (Å²) < 4.78 is 26.5. The average molecular weight is 784 g/mol. The third-order valence-corrected chi connectivity index (χ3v) is 14.3. The molecule has 0 fully saturated rings. The van der Waals surface area contributed by atoms with E-state index in [2.05, 4.69) is 128 Å². The second-order valence-electron chi connectivity index (χ2n) is 13.0. The Labute approximate surface area is 306 Å². The molecule has 0 aromatic heterocycles. The monoisotopic (exact) mass is 783 g/mol. The summed E-state index contributed by atoms with van der Waals surface area (Å²) in [5.41, 5.74) is 3.29. The van der Waals surface area contributed by atoms with Gasteiger partial charge in [-0.05, 0) is 27.1 Å². The van der Waals surface area contributed by atoms with Crippen LogP contribution >= 0.6 is 22.6 Å². The number of alkyl halides is 1. The first-order valence-corrected chi connectivity index (χ1v) is 19.9. The Balaban J connectivity index is 1.47. The molecule has 0 bridgehead atoms. The maximum absolute atomic E-state index is 6.92. The summed E-state index contributed by atoms with van der Waals surface area (Å²) in [5.74, 6) is 0. The van der Waals surface area contributed by atoms with E-state index >= 15 is 0 Å². The molecule has 0 radical (unpaired) electrons. The summed E-state index contributed by atoms with van der Waals surface area (Å²) in [7, 11) is -2.92. The van der Waals surface area contributed by atoms with Gasteiger partial charge in [-0.2, -0.15) is 0 Å². The lowest BCUT2D eigenvalue weighted by Crippen LogP contribution is -2.65. The van der Waals surface area contributed by atoms with E-state index in [0.717, 1.165) is 27.1 Å². The molecule has 5 nitrogen and oxygen atoms in total. The van der Waals surface area contributed by atoms with Gasteiger partial charge in [0.2, 0.25) is 0 Å². The van der Waals surface area contributed by atoms with Crippen LogP contribution in [0.4, 0.5) is 0 Å². The van der Waals surface area contributed by atoms with Gasteiger partial charge in [-0.1, -0.05) is 195 Å². The summed E-state index contributed by atoms with van der Waals surface area (Å²) in [6, 6.07) is 51.7. The van der Waals surface area contributed by atoms with Gasteiger partial charge in [0.25, 0.3) is 0 Å². The quantitative estimate of drug-likeness (QED) is 0.0312. The number of hydrogen-bond donors (Lipinski definition) is 0. The number of nitrogens with zero attached hydrogens (tertiary/aromatic N) is 1. The zero-order chi connectivity index (χ0) is 34.4. The van der Waals surface area contributed by atoms with E-state index in [0.29, 0.717) is 26.4 Å². The molecule has 5 aromatic carbocycles. The SMILES string of the molecule is CC(C)(C)[Si](O/N=C/[C@H](OCc1ccccc1)[C@H](OCc1ccccc1)[C@@H](I)COCc1ccccc1)(c1ccccc1)c1ccccc1. The highest BCUT2D eigenvalue weighted by atomic mass is 127. The second kappa shape index (κ2) is 18.4. The summed E-state index contributed by atoms with van der Waals surface area (Å²) in [6.07, 6.45) is 0.900. The lowest BCUT2D eigenvalue weighted by atomic mass is 10.1. The molecule has 0 N–H and O–H groups in total. The third-order valence-electron chi connectivity index (χ3n) is 8.45. The number of halogens is 1. The molecule has 7 heteroatoms. The van der Waals surface area contributed by atoms with Crippen molar-refractivity contribution in [3.05, 3.63) is 168 Å². The zero-order valence-electron chi connectivity index (χ0n) is 28.5. The van der Waals surface area contributed by atoms with Crippen LogP contribution in [0.5, 0.6) is 0 Å². The van der Waals surface area contributed by atoms with Gasteiger partial charge >= 0.3 is 8.32 Å². The van der Waals surface area contributed by atoms with Crippen molar-refractivity contribution in [3.63, 3.8) is 0 Å². The molecule has 0 saturated heterocycles. The van der Waals surface area contributed by atoms with Gasteiger partial charge in [-0.15, -0.1) is 5.16 Å². The van der Waals surface area contributed by atoms with E-state index in [1.54, 1.807) is 6.21 Å². The molecule has 0 saturated carbocycles. The Bertz CT molecular complexity index is 1630. The normalized spacial score (nSPS) is 14.0. The summed E-state index contributed by atoms with van der Waals surface area (Å²) in [6.45, 7) is 8.56. The molecule has 0 aliphatic carbocycles. The highest BCUT2D eigenvalue weighted by molar-refractivity contribution is 14.1. The largest absolute Gasteiger partial charge is 0.443 e. The molecule has 5 aromatic rings. The van der Waals surface area contributed by atoms with E-state index in [-0.39, 0.29) is 15.1 Å². The van der Waals surface area contributed by atoms with Crippen molar-refractivity contribution < 1.29 is 18.7 Å². The average Bonchev–Trinajstić information content (AvgIpc) is 3.13. The van der Waals surface area contributed by atoms with E-state index in [9.17, 15) is 0 Å². The predicted molar refractivity (Wildman–Crippen MR) is 211 cm³/mol. The lowest BCUT2D eigenvalue weighted by Gasteiger charge is -2.40. The first kappa shape index (κ1) is 36.7. The maximum Gasteiger partial charge on any atom is 0.354 e. The van der Waals surface area contributed by atoms with Gasteiger partial charge in [0.05, 0.1) is 36.6 Å². The Morgan fingerprint density at radius 3 is 1.45 bits per heavy atom. The molecule has 49 heavy (non-hydrogen) atoms. The molecule has 0 amide bonds. The second-order valence-corrected chi connectivity index (χ2v) is 18.8. The molecule has 0 unspecified atom stereocenters. The fraction of sp³-hybridized carbons (Fsp3) is 0.262. The molecule has 254 valence electrons. The van der Waals surface area contributed by atoms with Crippen LogP contribution in [0.15, 0.2) is 157 Å². The molecule has 5 rings (SSSR count). The van der Waals surface area contributed by atoms with Gasteiger partial charge < -0.3 is 18.7 Å². The van der Waals surface area contributed by atoms with Crippen LogP contribution in [0, 0.1) is 0 Å². The van der Waals surface area contributed by atoms with Crippen LogP contribution in [0.3, 0.4) is 0 Å². The zero-order valence-corrected chi connectivity index (χ0v) is 31.7. The van der Waals surface area contributed by atoms with Crippen LogP contribution < -0.4 is 10.4 Å². The van der Waals surface area contributed by atoms with Gasteiger partial charge in [0, 0.05) is 5.04 Å². The molecule has 0 aliphatic rings. The number of ether oxygens (including phenoxy) is 3. The lowest BCUT2D eigenvalue weighted by molar-refractivity contribution is -0.0621. The van der Waals surface area contributed by atoms with Crippen molar-refractivity contribution >= 4 is 47.5 Å². The van der Waals surface area contributed by atoms with Crippen molar-refractivity contribution in [3.8, 4) is 0 Å². The van der Waals surface area contributed by atoms with Gasteiger partial charge in [0.1, 0.15) is 12.2 Å². The third kappa shape index (κ3) is 10.2. The summed E-state index contributed by atoms with van der Waals surface area (Å²) >= 11 is 2.43. The molecule has 0 heterocycles. The highest BCUT2D eigenvalue weighted by Gasteiger charge is 2.53. The minimum Gasteiger partial charge on any atom is -0.443 e. The predicted octanol–water partition coefficient (Wildman–Crippen LogP) is 8.74. The molecular formula is C42H46INO4Si. The fourth-order valence-corrected chi connectivity index (χ4v) is 10.9. The van der Waals surface area contributed by atoms with E-state index in [1.165, 1.54) is 0 Å². The van der Waals surface area contributed by atoms with Crippen molar-refractivity contribution in [1.29, 1.82) is 0 Å². The Kier molecular flexibility index (Phi) is 13.8. The number of hydrogen-bond acceptors (Lipinski definition) is 5. The van der Waals surface area contributed by atoms with Crippen molar-refractivity contribution in [2.45, 2.75) is 61.8 Å². The standard InChI is InChI=1S/C42H46INO4Si/c1-42(2,3)49(37-25-15-7-16-26-37,38-27-17-8-18-28-38)48-44-29-40(46-31-35-21-11-5-12-22-35)41(47-32-36-23-13-6-14-24-36)39(43)33-45-30-34-19-9-4-10-20-34/h4-29,39-41H,30-33H2,1-3H3/b44-29+/t39-,40-,41+/m0/s1. The Morgan fingerprint density at radius 1 is 0.592 bits per heavy atom. The van der Waals surface area contributed by atoms with Crippen LogP contribution in [0.1, 0.15) is 37.5 Å². The number of oxime groups is 1. The van der Waals surface area contributed by atoms with Crippen molar-refractivity contribution in [1.82, 2.24) is 0 Å². The van der Waals surface area contributed by atoms with Gasteiger partial charge in [-0.25, -0.2) is 0 Å². The number of benzene rings is 5. The summed E-state index contributed by atoms with van der Waals surface area (Å²) in [4.78, 5) is 0. The van der Waals surface area contributed by atoms with E-state index in [1.807, 2.05) is 66.7 Å². The molecule has 3 atom stereocenters. The molecule has 0 aliphatic heterocycles. The smallest absolute Gasteiger partial charge is 0.354 e. The van der Waals surface area contributed by atoms with Gasteiger partial charge in [-0.3, -0.25) is 0 Å². The minimum absolute atomic E-state index is 0.0508. The van der Waals surface area contributed by atoms with Crippen molar-refractivity contribution in [2.75, 3.05) is 6.61 Å². The first-order valence-electron chi connectivity index (χ1n) is 16.8. The van der Waals surface area contributed by atoms with Crippen LogP contribution in [-0.2, 0) is 38.6 Å². The van der Waals surface area contributed by atoms with Crippen molar-refractivity contribution in [2.24, 2.45) is 5.16 Å². The maximum atomic E-state index is 6.92. The van der Waals surface area contributed by atoms with E-state index < -0.39 is 14.4 Å². The molecular weight excluding hydrogens is 737 g/mol. The fourth-order valence-electron chi connectivity index (χ4n) is 5.91.